The number of hydrogen-bond acceptors (Lipinski definition) is 6. The molecule has 0 unspecified atom stereocenters. The molecular weight excluding hydrogens is 308 g/mol. The smallest absolute Gasteiger partial charge is 0.332 e. The van der Waals surface area contributed by atoms with Crippen molar-refractivity contribution in [2.24, 2.45) is 0 Å². The van der Waals surface area contributed by atoms with Gasteiger partial charge in [0.1, 0.15) is 17.2 Å². The van der Waals surface area contributed by atoms with Gasteiger partial charge in [0, 0.05) is 12.7 Å². The van der Waals surface area contributed by atoms with Crippen molar-refractivity contribution in [3.8, 4) is 11.5 Å². The Morgan fingerprint density at radius 3 is 2.46 bits per heavy atom. The van der Waals surface area contributed by atoms with Crippen molar-refractivity contribution in [1.82, 2.24) is 19.9 Å². The third-order valence-corrected chi connectivity index (χ3v) is 3.63. The lowest BCUT2D eigenvalue weighted by Crippen LogP contribution is -2.15. The average molecular weight is 324 g/mol. The van der Waals surface area contributed by atoms with Crippen LogP contribution in [0.2, 0.25) is 0 Å². The number of H-pyrrole nitrogens is 1. The molecule has 0 saturated heterocycles. The quantitative estimate of drug-likeness (QED) is 0.584. The van der Waals surface area contributed by atoms with Gasteiger partial charge in [-0.2, -0.15) is 0 Å². The summed E-state index contributed by atoms with van der Waals surface area (Å²) < 4.78 is 0. The second-order valence-corrected chi connectivity index (χ2v) is 5.34. The van der Waals surface area contributed by atoms with Gasteiger partial charge < -0.3 is 9.88 Å². The number of aryl methyl sites for hydroxylation is 2. The van der Waals surface area contributed by atoms with Crippen LogP contribution in [0.3, 0.4) is 0 Å². The van der Waals surface area contributed by atoms with Crippen molar-refractivity contribution in [1.29, 1.82) is 0 Å². The molecule has 0 atom stereocenters. The Bertz CT molecular complexity index is 891. The molecule has 1 N–H and O–H groups in total. The monoisotopic (exact) mass is 324 g/mol. The van der Waals surface area contributed by atoms with Gasteiger partial charge in [-0.05, 0) is 26.0 Å². The first-order valence-electron chi connectivity index (χ1n) is 7.31. The number of anilines is 2. The zero-order valence-corrected chi connectivity index (χ0v) is 13.5. The van der Waals surface area contributed by atoms with Crippen LogP contribution >= 0.6 is 0 Å². The standard InChI is InChI=1S/C16H16N6O2/c1-10-14(22(23)24)16(21(3)12-7-5-4-6-8-12)20-15(18-10)13-9-17-11(2)19-13/h4-9H,1-3H3,(H,17,19). The number of para-hydroxylation sites is 1. The molecule has 0 aliphatic carbocycles. The third kappa shape index (κ3) is 2.81. The van der Waals surface area contributed by atoms with E-state index >= 15 is 0 Å². The molecule has 0 bridgehead atoms. The van der Waals surface area contributed by atoms with Crippen molar-refractivity contribution in [3.63, 3.8) is 0 Å². The summed E-state index contributed by atoms with van der Waals surface area (Å²) in [4.78, 5) is 28.6. The summed E-state index contributed by atoms with van der Waals surface area (Å²) in [6.07, 6.45) is 1.61. The van der Waals surface area contributed by atoms with E-state index in [2.05, 4.69) is 19.9 Å². The topological polar surface area (TPSA) is 101 Å². The van der Waals surface area contributed by atoms with Crippen molar-refractivity contribution in [2.45, 2.75) is 13.8 Å². The summed E-state index contributed by atoms with van der Waals surface area (Å²) in [6, 6.07) is 9.34. The number of imidazole rings is 1. The molecule has 0 radical (unpaired) electrons. The van der Waals surface area contributed by atoms with Gasteiger partial charge in [0.25, 0.3) is 0 Å². The molecule has 2 aromatic heterocycles. The van der Waals surface area contributed by atoms with E-state index in [1.165, 1.54) is 0 Å². The van der Waals surface area contributed by atoms with E-state index in [4.69, 9.17) is 0 Å². The zero-order valence-electron chi connectivity index (χ0n) is 13.5. The lowest BCUT2D eigenvalue weighted by Gasteiger charge is -2.19. The van der Waals surface area contributed by atoms with Gasteiger partial charge in [0.2, 0.25) is 5.82 Å². The first-order chi connectivity index (χ1) is 11.5. The summed E-state index contributed by atoms with van der Waals surface area (Å²) in [5.74, 6) is 1.33. The Balaban J connectivity index is 2.18. The molecule has 3 rings (SSSR count). The summed E-state index contributed by atoms with van der Waals surface area (Å²) in [5, 5.41) is 11.5. The molecular formula is C16H16N6O2. The Labute approximate surface area is 138 Å². The molecule has 122 valence electrons. The SMILES string of the molecule is Cc1ncc(-c2nc(C)c([N+](=O)[O-])c(N(C)c3ccccc3)n2)[nH]1. The van der Waals surface area contributed by atoms with Crippen LogP contribution in [0.1, 0.15) is 11.5 Å². The van der Waals surface area contributed by atoms with Crippen LogP contribution in [0.15, 0.2) is 36.5 Å². The molecule has 8 heteroatoms. The number of rotatable bonds is 4. The molecule has 0 amide bonds. The molecule has 0 saturated carbocycles. The number of nitrogens with zero attached hydrogens (tertiary/aromatic N) is 5. The molecule has 2 heterocycles. The maximum absolute atomic E-state index is 11.5. The molecule has 0 aliphatic rings. The van der Waals surface area contributed by atoms with Gasteiger partial charge in [-0.3, -0.25) is 10.1 Å². The lowest BCUT2D eigenvalue weighted by atomic mass is 10.2. The minimum Gasteiger partial charge on any atom is -0.340 e. The first-order valence-corrected chi connectivity index (χ1v) is 7.31. The number of nitro groups is 1. The number of nitrogens with one attached hydrogen (secondary N) is 1. The van der Waals surface area contributed by atoms with E-state index in [0.717, 1.165) is 11.5 Å². The summed E-state index contributed by atoms with van der Waals surface area (Å²) >= 11 is 0. The van der Waals surface area contributed by atoms with Crippen LogP contribution in [0.5, 0.6) is 0 Å². The normalized spacial score (nSPS) is 10.6. The fourth-order valence-electron chi connectivity index (χ4n) is 2.43. The van der Waals surface area contributed by atoms with E-state index in [9.17, 15) is 10.1 Å². The van der Waals surface area contributed by atoms with Crippen molar-refractivity contribution in [2.75, 3.05) is 11.9 Å². The highest BCUT2D eigenvalue weighted by Gasteiger charge is 2.26. The summed E-state index contributed by atoms with van der Waals surface area (Å²) in [7, 11) is 1.74. The van der Waals surface area contributed by atoms with E-state index in [-0.39, 0.29) is 11.5 Å². The zero-order chi connectivity index (χ0) is 17.3. The predicted molar refractivity (Wildman–Crippen MR) is 90.2 cm³/mol. The van der Waals surface area contributed by atoms with E-state index < -0.39 is 4.92 Å². The van der Waals surface area contributed by atoms with E-state index in [1.807, 2.05) is 37.3 Å². The average Bonchev–Trinajstić information content (AvgIpc) is 3.00. The molecule has 0 fully saturated rings. The van der Waals surface area contributed by atoms with Gasteiger partial charge in [0.15, 0.2) is 5.82 Å². The van der Waals surface area contributed by atoms with Crippen LogP contribution in [0, 0.1) is 24.0 Å². The van der Waals surface area contributed by atoms with Gasteiger partial charge in [-0.15, -0.1) is 0 Å². The van der Waals surface area contributed by atoms with E-state index in [1.54, 1.807) is 25.1 Å². The fraction of sp³-hybridized carbons (Fsp3) is 0.188. The Morgan fingerprint density at radius 1 is 1.17 bits per heavy atom. The van der Waals surface area contributed by atoms with Crippen molar-refractivity contribution < 1.29 is 4.92 Å². The summed E-state index contributed by atoms with van der Waals surface area (Å²) in [6.45, 7) is 3.42. The van der Waals surface area contributed by atoms with Crippen LogP contribution < -0.4 is 4.90 Å². The molecule has 8 nitrogen and oxygen atoms in total. The van der Waals surface area contributed by atoms with E-state index in [0.29, 0.717) is 17.2 Å². The number of aromatic nitrogens is 4. The lowest BCUT2D eigenvalue weighted by molar-refractivity contribution is -0.385. The molecule has 3 aromatic rings. The number of benzene rings is 1. The summed E-state index contributed by atoms with van der Waals surface area (Å²) in [5.41, 5.74) is 1.61. The van der Waals surface area contributed by atoms with Gasteiger partial charge >= 0.3 is 5.69 Å². The largest absolute Gasteiger partial charge is 0.340 e. The molecule has 24 heavy (non-hydrogen) atoms. The first kappa shape index (κ1) is 15.6. The number of aromatic amines is 1. The van der Waals surface area contributed by atoms with Gasteiger partial charge in [0.05, 0.1) is 11.1 Å². The highest BCUT2D eigenvalue weighted by molar-refractivity contribution is 5.71. The highest BCUT2D eigenvalue weighted by Crippen LogP contribution is 2.33. The Hall–Kier alpha value is -3.29. The third-order valence-electron chi connectivity index (χ3n) is 3.63. The maximum atomic E-state index is 11.5. The van der Waals surface area contributed by atoms with Gasteiger partial charge in [-0.1, -0.05) is 18.2 Å². The molecule has 0 aliphatic heterocycles. The van der Waals surface area contributed by atoms with Crippen LogP contribution in [0.25, 0.3) is 11.5 Å². The number of hydrogen-bond donors (Lipinski definition) is 1. The minimum absolute atomic E-state index is 0.110. The van der Waals surface area contributed by atoms with Crippen LogP contribution in [-0.2, 0) is 0 Å². The second-order valence-electron chi connectivity index (χ2n) is 5.34. The minimum atomic E-state index is -0.452. The molecule has 1 aromatic carbocycles. The second kappa shape index (κ2) is 6.07. The Morgan fingerprint density at radius 2 is 1.88 bits per heavy atom. The van der Waals surface area contributed by atoms with Crippen molar-refractivity contribution in [3.05, 3.63) is 58.2 Å². The fourth-order valence-corrected chi connectivity index (χ4v) is 2.43. The van der Waals surface area contributed by atoms with Crippen molar-refractivity contribution >= 4 is 17.2 Å². The Kier molecular flexibility index (Phi) is 3.95. The van der Waals surface area contributed by atoms with Crippen LogP contribution in [-0.4, -0.2) is 31.9 Å². The highest BCUT2D eigenvalue weighted by atomic mass is 16.6. The predicted octanol–water partition coefficient (Wildman–Crippen LogP) is 3.16. The maximum Gasteiger partial charge on any atom is 0.332 e. The molecule has 0 spiro atoms. The van der Waals surface area contributed by atoms with Gasteiger partial charge in [-0.25, -0.2) is 15.0 Å². The van der Waals surface area contributed by atoms with Crippen LogP contribution in [0.4, 0.5) is 17.2 Å².